The van der Waals surface area contributed by atoms with Gasteiger partial charge in [0.15, 0.2) is 0 Å². The van der Waals surface area contributed by atoms with Gasteiger partial charge in [0.25, 0.3) is 0 Å². The highest BCUT2D eigenvalue weighted by atomic mass is 79.9. The molecule has 0 saturated carbocycles. The van der Waals surface area contributed by atoms with Crippen LogP contribution in [0.3, 0.4) is 0 Å². The highest BCUT2D eigenvalue weighted by molar-refractivity contribution is 9.10. The van der Waals surface area contributed by atoms with Crippen molar-refractivity contribution in [2.45, 2.75) is 19.4 Å². The minimum absolute atomic E-state index is 0.796. The number of unbranched alkanes of at least 4 members (excludes halogenated alkanes) is 1. The van der Waals surface area contributed by atoms with E-state index >= 15 is 0 Å². The number of nitrogens with two attached hydrogens (primary N) is 1. The molecule has 0 aliphatic carbocycles. The average molecular weight is 271 g/mol. The summed E-state index contributed by atoms with van der Waals surface area (Å²) in [6.07, 6.45) is 2.30. The van der Waals surface area contributed by atoms with Crippen molar-refractivity contribution in [1.82, 2.24) is 4.90 Å². The first-order valence-corrected chi connectivity index (χ1v) is 6.14. The molecule has 1 aromatic rings. The van der Waals surface area contributed by atoms with E-state index in [0.717, 1.165) is 30.5 Å². The van der Waals surface area contributed by atoms with Gasteiger partial charge in [-0.15, -0.1) is 0 Å². The van der Waals surface area contributed by atoms with Crippen LogP contribution in [0.2, 0.25) is 0 Å². The van der Waals surface area contributed by atoms with Crippen molar-refractivity contribution < 1.29 is 0 Å². The summed E-state index contributed by atoms with van der Waals surface area (Å²) in [7, 11) is 2.15. The lowest BCUT2D eigenvalue weighted by Crippen LogP contribution is -2.19. The normalized spacial score (nSPS) is 10.9. The number of rotatable bonds is 6. The Labute approximate surface area is 101 Å². The molecule has 2 N–H and O–H groups in total. The quantitative estimate of drug-likeness (QED) is 0.806. The van der Waals surface area contributed by atoms with E-state index < -0.39 is 0 Å². The van der Waals surface area contributed by atoms with Gasteiger partial charge in [-0.1, -0.05) is 28.1 Å². The molecule has 0 fully saturated rings. The molecule has 0 unspecified atom stereocenters. The molecule has 1 rings (SSSR count). The Morgan fingerprint density at radius 3 is 2.80 bits per heavy atom. The van der Waals surface area contributed by atoms with Gasteiger partial charge in [-0.05, 0) is 50.7 Å². The standard InChI is InChI=1S/C12H19BrN2/c1-15(8-3-2-7-14)10-11-5-4-6-12(13)9-11/h4-6,9H,2-3,7-8,10,14H2,1H3. The highest BCUT2D eigenvalue weighted by Crippen LogP contribution is 2.13. The summed E-state index contributed by atoms with van der Waals surface area (Å²) in [5.41, 5.74) is 6.81. The van der Waals surface area contributed by atoms with Crippen LogP contribution in [-0.4, -0.2) is 25.0 Å². The maximum absolute atomic E-state index is 5.46. The predicted molar refractivity (Wildman–Crippen MR) is 68.8 cm³/mol. The molecule has 0 saturated heterocycles. The Bertz CT molecular complexity index is 289. The predicted octanol–water partition coefficient (Wildman–Crippen LogP) is 2.62. The maximum atomic E-state index is 5.46. The number of nitrogens with zero attached hydrogens (tertiary/aromatic N) is 1. The van der Waals surface area contributed by atoms with E-state index in [1.807, 2.05) is 0 Å². The number of halogens is 1. The van der Waals surface area contributed by atoms with Gasteiger partial charge in [0.05, 0.1) is 0 Å². The number of hydrogen-bond donors (Lipinski definition) is 1. The van der Waals surface area contributed by atoms with Crippen LogP contribution in [0.4, 0.5) is 0 Å². The van der Waals surface area contributed by atoms with Gasteiger partial charge in [-0.25, -0.2) is 0 Å². The zero-order valence-corrected chi connectivity index (χ0v) is 10.8. The topological polar surface area (TPSA) is 29.3 Å². The second kappa shape index (κ2) is 6.99. The van der Waals surface area contributed by atoms with Crippen LogP contribution < -0.4 is 5.73 Å². The molecule has 84 valence electrons. The number of benzene rings is 1. The molecule has 0 spiro atoms. The SMILES string of the molecule is CN(CCCCN)Cc1cccc(Br)c1. The van der Waals surface area contributed by atoms with Crippen molar-refractivity contribution in [2.24, 2.45) is 5.73 Å². The zero-order valence-electron chi connectivity index (χ0n) is 9.25. The summed E-state index contributed by atoms with van der Waals surface area (Å²) in [5.74, 6) is 0. The summed E-state index contributed by atoms with van der Waals surface area (Å²) in [4.78, 5) is 2.33. The van der Waals surface area contributed by atoms with Crippen molar-refractivity contribution in [3.05, 3.63) is 34.3 Å². The molecule has 0 atom stereocenters. The van der Waals surface area contributed by atoms with Crippen molar-refractivity contribution in [1.29, 1.82) is 0 Å². The third-order valence-corrected chi connectivity index (χ3v) is 2.83. The monoisotopic (exact) mass is 270 g/mol. The van der Waals surface area contributed by atoms with Gasteiger partial charge >= 0.3 is 0 Å². The molecule has 1 aromatic carbocycles. The van der Waals surface area contributed by atoms with E-state index in [-0.39, 0.29) is 0 Å². The molecule has 0 aliphatic rings. The molecule has 0 bridgehead atoms. The van der Waals surface area contributed by atoms with Crippen LogP contribution in [0, 0.1) is 0 Å². The molecule has 2 nitrogen and oxygen atoms in total. The summed E-state index contributed by atoms with van der Waals surface area (Å²) in [5, 5.41) is 0. The van der Waals surface area contributed by atoms with E-state index in [0.29, 0.717) is 0 Å². The van der Waals surface area contributed by atoms with E-state index in [4.69, 9.17) is 5.73 Å². The first-order valence-electron chi connectivity index (χ1n) is 5.35. The van der Waals surface area contributed by atoms with Crippen molar-refractivity contribution in [3.63, 3.8) is 0 Å². The molecule has 0 heterocycles. The largest absolute Gasteiger partial charge is 0.330 e. The first kappa shape index (κ1) is 12.7. The Morgan fingerprint density at radius 2 is 2.13 bits per heavy atom. The van der Waals surface area contributed by atoms with Gasteiger partial charge in [0, 0.05) is 11.0 Å². The second-order valence-electron chi connectivity index (χ2n) is 3.86. The maximum Gasteiger partial charge on any atom is 0.0231 e. The van der Waals surface area contributed by atoms with Crippen LogP contribution in [0.25, 0.3) is 0 Å². The van der Waals surface area contributed by atoms with Crippen LogP contribution in [0.5, 0.6) is 0 Å². The second-order valence-corrected chi connectivity index (χ2v) is 4.78. The van der Waals surface area contributed by atoms with E-state index in [1.165, 1.54) is 12.0 Å². The Kier molecular flexibility index (Phi) is 5.91. The molecule has 0 radical (unpaired) electrons. The van der Waals surface area contributed by atoms with Gasteiger partial charge in [-0.3, -0.25) is 0 Å². The van der Waals surface area contributed by atoms with Crippen LogP contribution >= 0.6 is 15.9 Å². The summed E-state index contributed by atoms with van der Waals surface area (Å²) in [6, 6.07) is 8.45. The fourth-order valence-corrected chi connectivity index (χ4v) is 2.00. The van der Waals surface area contributed by atoms with E-state index in [2.05, 4.69) is 52.1 Å². The molecule has 15 heavy (non-hydrogen) atoms. The molecular formula is C12H19BrN2. The van der Waals surface area contributed by atoms with Crippen LogP contribution in [-0.2, 0) is 6.54 Å². The fraction of sp³-hybridized carbons (Fsp3) is 0.500. The Balaban J connectivity index is 2.34. The summed E-state index contributed by atoms with van der Waals surface area (Å²) < 4.78 is 1.15. The third kappa shape index (κ3) is 5.30. The fourth-order valence-electron chi connectivity index (χ4n) is 1.55. The smallest absolute Gasteiger partial charge is 0.0231 e. The van der Waals surface area contributed by atoms with Crippen molar-refractivity contribution in [3.8, 4) is 0 Å². The van der Waals surface area contributed by atoms with Gasteiger partial charge < -0.3 is 10.6 Å². The van der Waals surface area contributed by atoms with E-state index in [9.17, 15) is 0 Å². The molecule has 0 aromatic heterocycles. The molecule has 3 heteroatoms. The summed E-state index contributed by atoms with van der Waals surface area (Å²) >= 11 is 3.48. The third-order valence-electron chi connectivity index (χ3n) is 2.34. The lowest BCUT2D eigenvalue weighted by Gasteiger charge is -2.16. The molecule has 0 amide bonds. The minimum Gasteiger partial charge on any atom is -0.330 e. The lowest BCUT2D eigenvalue weighted by atomic mass is 10.2. The molecule has 0 aliphatic heterocycles. The first-order chi connectivity index (χ1) is 7.22. The van der Waals surface area contributed by atoms with Crippen LogP contribution in [0.15, 0.2) is 28.7 Å². The Hall–Kier alpha value is -0.380. The number of hydrogen-bond acceptors (Lipinski definition) is 2. The van der Waals surface area contributed by atoms with E-state index in [1.54, 1.807) is 0 Å². The van der Waals surface area contributed by atoms with Gasteiger partial charge in [0.2, 0.25) is 0 Å². The van der Waals surface area contributed by atoms with Crippen LogP contribution in [0.1, 0.15) is 18.4 Å². The highest BCUT2D eigenvalue weighted by Gasteiger charge is 2.00. The molecular weight excluding hydrogens is 252 g/mol. The van der Waals surface area contributed by atoms with Gasteiger partial charge in [-0.2, -0.15) is 0 Å². The Morgan fingerprint density at radius 1 is 1.33 bits per heavy atom. The minimum atomic E-state index is 0.796. The van der Waals surface area contributed by atoms with Gasteiger partial charge in [0.1, 0.15) is 0 Å². The average Bonchev–Trinajstić information content (AvgIpc) is 2.18. The summed E-state index contributed by atoms with van der Waals surface area (Å²) in [6.45, 7) is 2.92. The zero-order chi connectivity index (χ0) is 11.1. The lowest BCUT2D eigenvalue weighted by molar-refractivity contribution is 0.319. The van der Waals surface area contributed by atoms with Crippen molar-refractivity contribution in [2.75, 3.05) is 20.1 Å². The van der Waals surface area contributed by atoms with Crippen molar-refractivity contribution >= 4 is 15.9 Å².